The maximum absolute atomic E-state index is 12.8. The van der Waals surface area contributed by atoms with Gasteiger partial charge in [0.15, 0.2) is 5.65 Å². The molecule has 1 unspecified atom stereocenters. The van der Waals surface area contributed by atoms with E-state index in [1.54, 1.807) is 28.4 Å². The summed E-state index contributed by atoms with van der Waals surface area (Å²) in [6.45, 7) is 2.52. The van der Waals surface area contributed by atoms with Gasteiger partial charge in [0, 0.05) is 25.5 Å². The van der Waals surface area contributed by atoms with E-state index in [9.17, 15) is 13.2 Å². The molecule has 28 heavy (non-hydrogen) atoms. The first-order chi connectivity index (χ1) is 13.4. The SMILES string of the molecule is Cc1nn(C)c2ncc(NC(=O)C3CCCN(S(=O)(=O)c4cccs4)C3)cc12. The first-order valence-corrected chi connectivity index (χ1v) is 11.3. The third kappa shape index (κ3) is 3.43. The number of carbonyl (C=O) groups excluding carboxylic acids is 1. The highest BCUT2D eigenvalue weighted by atomic mass is 32.2. The van der Waals surface area contributed by atoms with E-state index in [0.29, 0.717) is 29.3 Å². The maximum atomic E-state index is 12.8. The topological polar surface area (TPSA) is 97.2 Å². The van der Waals surface area contributed by atoms with Gasteiger partial charge in [0.1, 0.15) is 4.21 Å². The predicted molar refractivity (Wildman–Crippen MR) is 108 cm³/mol. The Morgan fingerprint density at radius 1 is 1.39 bits per heavy atom. The highest BCUT2D eigenvalue weighted by Gasteiger charge is 2.33. The molecule has 1 atom stereocenters. The van der Waals surface area contributed by atoms with Crippen molar-refractivity contribution in [2.75, 3.05) is 18.4 Å². The van der Waals surface area contributed by atoms with Crippen molar-refractivity contribution in [3.05, 3.63) is 35.5 Å². The average molecular weight is 420 g/mol. The van der Waals surface area contributed by atoms with Crippen molar-refractivity contribution in [2.24, 2.45) is 13.0 Å². The minimum Gasteiger partial charge on any atom is -0.324 e. The number of anilines is 1. The zero-order valence-corrected chi connectivity index (χ0v) is 17.3. The summed E-state index contributed by atoms with van der Waals surface area (Å²) in [6, 6.07) is 5.17. The Morgan fingerprint density at radius 3 is 2.96 bits per heavy atom. The zero-order valence-electron chi connectivity index (χ0n) is 15.6. The number of rotatable bonds is 4. The molecule has 10 heteroatoms. The smallest absolute Gasteiger partial charge is 0.252 e. The molecular formula is C18H21N5O3S2. The van der Waals surface area contributed by atoms with E-state index in [4.69, 9.17) is 0 Å². The fraction of sp³-hybridized carbons (Fsp3) is 0.389. The molecular weight excluding hydrogens is 398 g/mol. The van der Waals surface area contributed by atoms with Crippen molar-refractivity contribution in [2.45, 2.75) is 24.0 Å². The lowest BCUT2D eigenvalue weighted by Gasteiger charge is -2.30. The standard InChI is InChI=1S/C18H21N5O3S2/c1-12-15-9-14(10-19-17(15)22(2)21-12)20-18(24)13-5-3-7-23(11-13)28(25,26)16-6-4-8-27-16/h4,6,8-10,13H,3,5,7,11H2,1-2H3,(H,20,24). The number of aromatic nitrogens is 3. The largest absolute Gasteiger partial charge is 0.324 e. The number of aryl methyl sites for hydroxylation is 2. The van der Waals surface area contributed by atoms with Crippen molar-refractivity contribution in [1.29, 1.82) is 0 Å². The van der Waals surface area contributed by atoms with Crippen LogP contribution in [0.4, 0.5) is 5.69 Å². The van der Waals surface area contributed by atoms with E-state index < -0.39 is 15.9 Å². The number of sulfonamides is 1. The molecule has 1 N–H and O–H groups in total. The van der Waals surface area contributed by atoms with E-state index in [0.717, 1.165) is 16.7 Å². The number of piperidine rings is 1. The number of nitrogens with one attached hydrogen (secondary N) is 1. The summed E-state index contributed by atoms with van der Waals surface area (Å²) in [6.07, 6.45) is 2.91. The van der Waals surface area contributed by atoms with Crippen LogP contribution < -0.4 is 5.32 Å². The molecule has 1 saturated heterocycles. The van der Waals surface area contributed by atoms with E-state index in [2.05, 4.69) is 15.4 Å². The summed E-state index contributed by atoms with van der Waals surface area (Å²) < 4.78 is 28.9. The molecule has 0 spiro atoms. The van der Waals surface area contributed by atoms with Crippen LogP contribution >= 0.6 is 11.3 Å². The third-order valence-electron chi connectivity index (χ3n) is 4.97. The molecule has 4 rings (SSSR count). The molecule has 0 saturated carbocycles. The van der Waals surface area contributed by atoms with Crippen molar-refractivity contribution >= 4 is 44.0 Å². The summed E-state index contributed by atoms with van der Waals surface area (Å²) in [5.74, 6) is -0.581. The monoisotopic (exact) mass is 419 g/mol. The van der Waals surface area contributed by atoms with Gasteiger partial charge in [0.05, 0.1) is 23.5 Å². The molecule has 4 heterocycles. The number of carbonyl (C=O) groups is 1. The second-order valence-electron chi connectivity index (χ2n) is 6.93. The van der Waals surface area contributed by atoms with Crippen LogP contribution in [0.15, 0.2) is 34.0 Å². The Morgan fingerprint density at radius 2 is 2.21 bits per heavy atom. The van der Waals surface area contributed by atoms with Crippen molar-refractivity contribution < 1.29 is 13.2 Å². The molecule has 0 bridgehead atoms. The summed E-state index contributed by atoms with van der Waals surface area (Å²) in [5, 5.41) is 9.84. The van der Waals surface area contributed by atoms with Gasteiger partial charge in [-0.1, -0.05) is 6.07 Å². The Balaban J connectivity index is 1.50. The quantitative estimate of drug-likeness (QED) is 0.700. The molecule has 148 valence electrons. The zero-order chi connectivity index (χ0) is 19.9. The first kappa shape index (κ1) is 19.0. The molecule has 1 aliphatic rings. The summed E-state index contributed by atoms with van der Waals surface area (Å²) in [7, 11) is -1.72. The van der Waals surface area contributed by atoms with Crippen LogP contribution in [0.5, 0.6) is 0 Å². The molecule has 0 aromatic carbocycles. The van der Waals surface area contributed by atoms with E-state index in [-0.39, 0.29) is 12.5 Å². The molecule has 0 radical (unpaired) electrons. The fourth-order valence-electron chi connectivity index (χ4n) is 3.53. The number of hydrogen-bond donors (Lipinski definition) is 1. The van der Waals surface area contributed by atoms with Gasteiger partial charge in [0.2, 0.25) is 5.91 Å². The molecule has 1 aliphatic heterocycles. The number of pyridine rings is 1. The van der Waals surface area contributed by atoms with Gasteiger partial charge in [-0.25, -0.2) is 13.4 Å². The molecule has 3 aromatic heterocycles. The van der Waals surface area contributed by atoms with Crippen LogP contribution in [0.25, 0.3) is 11.0 Å². The molecule has 1 amide bonds. The van der Waals surface area contributed by atoms with Crippen molar-refractivity contribution in [3.8, 4) is 0 Å². The second-order valence-corrected chi connectivity index (χ2v) is 10.0. The fourth-order valence-corrected chi connectivity index (χ4v) is 6.20. The number of nitrogens with zero attached hydrogens (tertiary/aromatic N) is 4. The van der Waals surface area contributed by atoms with Gasteiger partial charge < -0.3 is 5.32 Å². The highest BCUT2D eigenvalue weighted by Crippen LogP contribution is 2.27. The van der Waals surface area contributed by atoms with Gasteiger partial charge in [0.25, 0.3) is 10.0 Å². The van der Waals surface area contributed by atoms with Crippen molar-refractivity contribution in [3.63, 3.8) is 0 Å². The van der Waals surface area contributed by atoms with E-state index in [1.807, 2.05) is 20.0 Å². The highest BCUT2D eigenvalue weighted by molar-refractivity contribution is 7.91. The van der Waals surface area contributed by atoms with E-state index >= 15 is 0 Å². The predicted octanol–water partition coefficient (Wildman–Crippen LogP) is 2.38. The van der Waals surface area contributed by atoms with E-state index in [1.165, 1.54) is 15.6 Å². The lowest BCUT2D eigenvalue weighted by molar-refractivity contribution is -0.120. The Bertz CT molecular complexity index is 1120. The maximum Gasteiger partial charge on any atom is 0.252 e. The Kier molecular flexibility index (Phi) is 4.94. The lowest BCUT2D eigenvalue weighted by atomic mass is 9.99. The summed E-state index contributed by atoms with van der Waals surface area (Å²) in [4.78, 5) is 17.1. The van der Waals surface area contributed by atoms with Gasteiger partial charge in [-0.05, 0) is 37.3 Å². The molecule has 0 aliphatic carbocycles. The summed E-state index contributed by atoms with van der Waals surface area (Å²) >= 11 is 1.19. The van der Waals surface area contributed by atoms with Gasteiger partial charge in [-0.3, -0.25) is 9.48 Å². The lowest BCUT2D eigenvalue weighted by Crippen LogP contribution is -2.43. The van der Waals surface area contributed by atoms with Gasteiger partial charge >= 0.3 is 0 Å². The van der Waals surface area contributed by atoms with Crippen molar-refractivity contribution in [1.82, 2.24) is 19.1 Å². The van der Waals surface area contributed by atoms with Crippen LogP contribution in [-0.4, -0.2) is 46.5 Å². The number of fused-ring (bicyclic) bond motifs is 1. The van der Waals surface area contributed by atoms with Crippen LogP contribution in [0, 0.1) is 12.8 Å². The second kappa shape index (κ2) is 7.26. The minimum absolute atomic E-state index is 0.186. The minimum atomic E-state index is -3.54. The summed E-state index contributed by atoms with van der Waals surface area (Å²) in [5.41, 5.74) is 2.18. The van der Waals surface area contributed by atoms with Crippen LogP contribution in [-0.2, 0) is 21.9 Å². The average Bonchev–Trinajstić information content (AvgIpc) is 3.31. The Labute approximate surface area is 167 Å². The Hall–Kier alpha value is -2.30. The number of thiophene rings is 1. The van der Waals surface area contributed by atoms with Crippen LogP contribution in [0.1, 0.15) is 18.5 Å². The molecule has 8 nitrogen and oxygen atoms in total. The molecule has 3 aromatic rings. The third-order valence-corrected chi connectivity index (χ3v) is 8.21. The van der Waals surface area contributed by atoms with Crippen LogP contribution in [0.3, 0.4) is 0 Å². The van der Waals surface area contributed by atoms with Crippen LogP contribution in [0.2, 0.25) is 0 Å². The molecule has 1 fully saturated rings. The first-order valence-electron chi connectivity index (χ1n) is 9.00. The number of hydrogen-bond acceptors (Lipinski definition) is 6. The van der Waals surface area contributed by atoms with Gasteiger partial charge in [-0.2, -0.15) is 9.40 Å². The normalized spacial score (nSPS) is 18.4. The number of amides is 1. The van der Waals surface area contributed by atoms with Gasteiger partial charge in [-0.15, -0.1) is 11.3 Å².